The molecule has 0 bridgehead atoms. The standard InChI is InChI=1S/C14H14FN7/c15-11-9-16-10-18-14(11)21-7-5-20(6-8-21)13-2-1-12-17-3-4-22(12)19-13/h1-4,9-10H,5-8H2. The lowest BCUT2D eigenvalue weighted by molar-refractivity contribution is 0.580. The van der Waals surface area contributed by atoms with Crippen LogP contribution in [0.15, 0.2) is 37.1 Å². The number of imidazole rings is 1. The molecule has 1 saturated heterocycles. The Morgan fingerprint density at radius 1 is 1.00 bits per heavy atom. The van der Waals surface area contributed by atoms with Gasteiger partial charge in [-0.15, -0.1) is 5.10 Å². The van der Waals surface area contributed by atoms with Crippen molar-refractivity contribution in [3.63, 3.8) is 0 Å². The summed E-state index contributed by atoms with van der Waals surface area (Å²) < 4.78 is 15.5. The van der Waals surface area contributed by atoms with Crippen LogP contribution in [0.4, 0.5) is 16.0 Å². The molecule has 1 aliphatic rings. The van der Waals surface area contributed by atoms with Crippen LogP contribution in [0.5, 0.6) is 0 Å². The number of piperazine rings is 1. The Bertz CT molecular complexity index is 794. The Morgan fingerprint density at radius 2 is 1.82 bits per heavy atom. The lowest BCUT2D eigenvalue weighted by Crippen LogP contribution is -2.47. The summed E-state index contributed by atoms with van der Waals surface area (Å²) >= 11 is 0. The van der Waals surface area contributed by atoms with E-state index in [4.69, 9.17) is 0 Å². The summed E-state index contributed by atoms with van der Waals surface area (Å²) in [6.45, 7) is 2.91. The fraction of sp³-hybridized carbons (Fsp3) is 0.286. The average molecular weight is 299 g/mol. The van der Waals surface area contributed by atoms with Crippen molar-refractivity contribution < 1.29 is 4.39 Å². The quantitative estimate of drug-likeness (QED) is 0.703. The van der Waals surface area contributed by atoms with Gasteiger partial charge in [0.1, 0.15) is 12.1 Å². The molecule has 8 heteroatoms. The maximum atomic E-state index is 13.7. The Balaban J connectivity index is 1.50. The van der Waals surface area contributed by atoms with E-state index in [0.717, 1.165) is 24.6 Å². The zero-order valence-electron chi connectivity index (χ0n) is 11.8. The lowest BCUT2D eigenvalue weighted by Gasteiger charge is -2.35. The lowest BCUT2D eigenvalue weighted by atomic mass is 10.3. The average Bonchev–Trinajstić information content (AvgIpc) is 3.03. The van der Waals surface area contributed by atoms with E-state index in [-0.39, 0.29) is 5.82 Å². The maximum Gasteiger partial charge on any atom is 0.183 e. The molecule has 112 valence electrons. The monoisotopic (exact) mass is 299 g/mol. The first-order valence-electron chi connectivity index (χ1n) is 7.07. The van der Waals surface area contributed by atoms with Gasteiger partial charge in [-0.05, 0) is 12.1 Å². The van der Waals surface area contributed by atoms with Gasteiger partial charge >= 0.3 is 0 Å². The predicted molar refractivity (Wildman–Crippen MR) is 79.4 cm³/mol. The van der Waals surface area contributed by atoms with Crippen LogP contribution in [0.3, 0.4) is 0 Å². The summed E-state index contributed by atoms with van der Waals surface area (Å²) in [7, 11) is 0. The molecule has 0 atom stereocenters. The van der Waals surface area contributed by atoms with E-state index in [1.165, 1.54) is 12.5 Å². The highest BCUT2D eigenvalue weighted by molar-refractivity contribution is 5.48. The second kappa shape index (κ2) is 5.21. The largest absolute Gasteiger partial charge is 0.352 e. The van der Waals surface area contributed by atoms with Crippen molar-refractivity contribution in [2.75, 3.05) is 36.0 Å². The molecule has 3 aromatic rings. The van der Waals surface area contributed by atoms with Gasteiger partial charge in [-0.1, -0.05) is 0 Å². The van der Waals surface area contributed by atoms with Crippen LogP contribution in [0, 0.1) is 5.82 Å². The van der Waals surface area contributed by atoms with Gasteiger partial charge in [0.2, 0.25) is 0 Å². The van der Waals surface area contributed by atoms with Crippen molar-refractivity contribution in [2.45, 2.75) is 0 Å². The van der Waals surface area contributed by atoms with E-state index < -0.39 is 0 Å². The number of anilines is 2. The van der Waals surface area contributed by atoms with E-state index in [9.17, 15) is 4.39 Å². The van der Waals surface area contributed by atoms with Gasteiger partial charge in [-0.2, -0.15) is 0 Å². The summed E-state index contributed by atoms with van der Waals surface area (Å²) in [4.78, 5) is 16.0. The van der Waals surface area contributed by atoms with Gasteiger partial charge in [0.15, 0.2) is 17.3 Å². The third-order valence-corrected chi connectivity index (χ3v) is 3.79. The summed E-state index contributed by atoms with van der Waals surface area (Å²) in [6, 6.07) is 3.90. The van der Waals surface area contributed by atoms with Crippen LogP contribution in [0.1, 0.15) is 0 Å². The predicted octanol–water partition coefficient (Wildman–Crippen LogP) is 0.985. The molecule has 0 amide bonds. The summed E-state index contributed by atoms with van der Waals surface area (Å²) in [5, 5.41) is 4.54. The molecule has 0 radical (unpaired) electrons. The molecule has 0 aromatic carbocycles. The van der Waals surface area contributed by atoms with Gasteiger partial charge in [0, 0.05) is 38.6 Å². The van der Waals surface area contributed by atoms with Gasteiger partial charge < -0.3 is 9.80 Å². The highest BCUT2D eigenvalue weighted by Crippen LogP contribution is 2.19. The number of rotatable bonds is 2. The van der Waals surface area contributed by atoms with Crippen molar-refractivity contribution in [3.05, 3.63) is 42.9 Å². The summed E-state index contributed by atoms with van der Waals surface area (Å²) in [5.74, 6) is 0.884. The Morgan fingerprint density at radius 3 is 2.64 bits per heavy atom. The van der Waals surface area contributed by atoms with E-state index in [0.29, 0.717) is 18.9 Å². The van der Waals surface area contributed by atoms with Crippen molar-refractivity contribution in [1.82, 2.24) is 24.6 Å². The fourth-order valence-electron chi connectivity index (χ4n) is 2.66. The number of aromatic nitrogens is 5. The van der Waals surface area contributed by atoms with Crippen molar-refractivity contribution >= 4 is 17.3 Å². The summed E-state index contributed by atoms with van der Waals surface area (Å²) in [5.41, 5.74) is 0.824. The van der Waals surface area contributed by atoms with E-state index in [1.807, 2.05) is 23.2 Å². The third-order valence-electron chi connectivity index (χ3n) is 3.79. The second-order valence-electron chi connectivity index (χ2n) is 5.09. The van der Waals surface area contributed by atoms with Crippen molar-refractivity contribution in [2.24, 2.45) is 0 Å². The van der Waals surface area contributed by atoms with Crippen LogP contribution < -0.4 is 9.80 Å². The highest BCUT2D eigenvalue weighted by Gasteiger charge is 2.21. The minimum absolute atomic E-state index is 0.368. The SMILES string of the molecule is Fc1cncnc1N1CCN(c2ccc3nccn3n2)CC1. The Kier molecular flexibility index (Phi) is 3.06. The van der Waals surface area contributed by atoms with Gasteiger partial charge in [-0.25, -0.2) is 23.9 Å². The number of fused-ring (bicyclic) bond motifs is 1. The number of halogens is 1. The molecule has 0 saturated carbocycles. The third kappa shape index (κ3) is 2.22. The van der Waals surface area contributed by atoms with Crippen molar-refractivity contribution in [3.8, 4) is 0 Å². The molecular weight excluding hydrogens is 285 g/mol. The first kappa shape index (κ1) is 12.9. The van der Waals surface area contributed by atoms with Crippen LogP contribution in [-0.2, 0) is 0 Å². The van der Waals surface area contributed by atoms with Gasteiger partial charge in [-0.3, -0.25) is 0 Å². The maximum absolute atomic E-state index is 13.7. The Hall–Kier alpha value is -2.77. The first-order chi connectivity index (χ1) is 10.8. The van der Waals surface area contributed by atoms with E-state index in [1.54, 1.807) is 10.7 Å². The van der Waals surface area contributed by atoms with E-state index >= 15 is 0 Å². The molecule has 7 nitrogen and oxygen atoms in total. The molecule has 22 heavy (non-hydrogen) atoms. The number of hydrogen-bond donors (Lipinski definition) is 0. The molecular formula is C14H14FN7. The van der Waals surface area contributed by atoms with Gasteiger partial charge in [0.05, 0.1) is 6.20 Å². The van der Waals surface area contributed by atoms with Crippen LogP contribution >= 0.6 is 0 Å². The molecule has 0 spiro atoms. The highest BCUT2D eigenvalue weighted by atomic mass is 19.1. The zero-order valence-corrected chi connectivity index (χ0v) is 11.8. The first-order valence-corrected chi connectivity index (χ1v) is 7.07. The Labute approximate surface area is 126 Å². The molecule has 0 aliphatic carbocycles. The summed E-state index contributed by atoms with van der Waals surface area (Å²) in [6.07, 6.45) is 6.12. The normalized spacial score (nSPS) is 15.5. The molecule has 0 N–H and O–H groups in total. The fourth-order valence-corrected chi connectivity index (χ4v) is 2.66. The molecule has 1 aliphatic heterocycles. The number of nitrogens with zero attached hydrogens (tertiary/aromatic N) is 7. The smallest absolute Gasteiger partial charge is 0.183 e. The van der Waals surface area contributed by atoms with Gasteiger partial charge in [0.25, 0.3) is 0 Å². The van der Waals surface area contributed by atoms with Crippen molar-refractivity contribution in [1.29, 1.82) is 0 Å². The van der Waals surface area contributed by atoms with E-state index in [2.05, 4.69) is 25.0 Å². The minimum atomic E-state index is -0.381. The second-order valence-corrected chi connectivity index (χ2v) is 5.09. The zero-order chi connectivity index (χ0) is 14.9. The number of hydrogen-bond acceptors (Lipinski definition) is 6. The van der Waals surface area contributed by atoms with Crippen LogP contribution in [-0.4, -0.2) is 50.7 Å². The topological polar surface area (TPSA) is 62.5 Å². The molecule has 4 heterocycles. The molecule has 3 aromatic heterocycles. The van der Waals surface area contributed by atoms with Crippen LogP contribution in [0.2, 0.25) is 0 Å². The molecule has 4 rings (SSSR count). The minimum Gasteiger partial charge on any atom is -0.352 e. The molecule has 0 unspecified atom stereocenters. The van der Waals surface area contributed by atoms with Crippen LogP contribution in [0.25, 0.3) is 5.65 Å². The molecule has 1 fully saturated rings.